The van der Waals surface area contributed by atoms with Crippen LogP contribution in [-0.2, 0) is 4.79 Å². The van der Waals surface area contributed by atoms with Gasteiger partial charge in [0.1, 0.15) is 11.3 Å². The van der Waals surface area contributed by atoms with Crippen LogP contribution in [0.3, 0.4) is 0 Å². The van der Waals surface area contributed by atoms with E-state index in [2.05, 4.69) is 5.16 Å². The second-order valence-electron chi connectivity index (χ2n) is 7.78. The molecule has 2 fully saturated rings. The van der Waals surface area contributed by atoms with Crippen molar-refractivity contribution in [1.29, 1.82) is 0 Å². The SMILES string of the molecule is Cc1noc(C)c1C(=O)N1CCC2(CC1)C[C@@H](c1ccccc1)C(=O)N2C. The van der Waals surface area contributed by atoms with Gasteiger partial charge in [-0.05, 0) is 38.7 Å². The molecule has 4 rings (SSSR count). The van der Waals surface area contributed by atoms with Crippen molar-refractivity contribution in [2.24, 2.45) is 0 Å². The number of carbonyl (C=O) groups excluding carboxylic acids is 2. The van der Waals surface area contributed by atoms with Crippen molar-refractivity contribution in [2.45, 2.75) is 44.6 Å². The van der Waals surface area contributed by atoms with Crippen LogP contribution in [-0.4, -0.2) is 52.4 Å². The minimum absolute atomic E-state index is 0.0207. The topological polar surface area (TPSA) is 66.7 Å². The van der Waals surface area contributed by atoms with E-state index in [4.69, 9.17) is 4.52 Å². The number of likely N-dealkylation sites (N-methyl/N-ethyl adjacent to an activating group) is 1. The monoisotopic (exact) mass is 367 g/mol. The summed E-state index contributed by atoms with van der Waals surface area (Å²) in [6.45, 7) is 4.85. The molecule has 6 nitrogen and oxygen atoms in total. The number of carbonyl (C=O) groups is 2. The smallest absolute Gasteiger partial charge is 0.259 e. The van der Waals surface area contributed by atoms with Crippen molar-refractivity contribution in [1.82, 2.24) is 15.0 Å². The van der Waals surface area contributed by atoms with Crippen molar-refractivity contribution in [3.05, 3.63) is 52.9 Å². The van der Waals surface area contributed by atoms with Gasteiger partial charge in [0.2, 0.25) is 5.91 Å². The lowest BCUT2D eigenvalue weighted by atomic mass is 9.81. The standard InChI is InChI=1S/C21H25N3O3/c1-14-18(15(2)27-22-14)20(26)24-11-9-21(10-12-24)13-17(19(25)23(21)3)16-7-5-4-6-8-16/h4-8,17H,9-13H2,1-3H3/t17-/m0/s1. The Bertz CT molecular complexity index is 847. The van der Waals surface area contributed by atoms with Crippen molar-refractivity contribution >= 4 is 11.8 Å². The van der Waals surface area contributed by atoms with Gasteiger partial charge in [0.05, 0.1) is 11.6 Å². The normalized spacial score (nSPS) is 21.9. The summed E-state index contributed by atoms with van der Waals surface area (Å²) >= 11 is 0. The number of rotatable bonds is 2. The zero-order chi connectivity index (χ0) is 19.2. The molecule has 2 aliphatic heterocycles. The summed E-state index contributed by atoms with van der Waals surface area (Å²) in [5, 5.41) is 3.89. The summed E-state index contributed by atoms with van der Waals surface area (Å²) in [4.78, 5) is 29.6. The van der Waals surface area contributed by atoms with E-state index in [9.17, 15) is 9.59 Å². The molecule has 0 unspecified atom stereocenters. The molecule has 1 atom stereocenters. The maximum atomic E-state index is 12.9. The number of benzene rings is 1. The molecule has 1 aromatic heterocycles. The number of likely N-dealkylation sites (tertiary alicyclic amines) is 2. The third-order valence-electron chi connectivity index (χ3n) is 6.35. The third kappa shape index (κ3) is 2.83. The van der Waals surface area contributed by atoms with Gasteiger partial charge in [0.25, 0.3) is 5.91 Å². The Morgan fingerprint density at radius 3 is 2.44 bits per heavy atom. The second-order valence-corrected chi connectivity index (χ2v) is 7.78. The van der Waals surface area contributed by atoms with Crippen molar-refractivity contribution in [3.8, 4) is 0 Å². The van der Waals surface area contributed by atoms with Crippen LogP contribution >= 0.6 is 0 Å². The Balaban J connectivity index is 1.50. The minimum atomic E-state index is -0.160. The van der Waals surface area contributed by atoms with Gasteiger partial charge in [-0.1, -0.05) is 35.5 Å². The molecule has 0 radical (unpaired) electrons. The lowest BCUT2D eigenvalue weighted by Crippen LogP contribution is -2.52. The van der Waals surface area contributed by atoms with E-state index in [1.54, 1.807) is 13.8 Å². The maximum Gasteiger partial charge on any atom is 0.259 e. The summed E-state index contributed by atoms with van der Waals surface area (Å²) < 4.78 is 5.14. The Kier molecular flexibility index (Phi) is 4.29. The first-order valence-corrected chi connectivity index (χ1v) is 9.48. The van der Waals surface area contributed by atoms with Crippen LogP contribution in [0.25, 0.3) is 0 Å². The number of aromatic nitrogens is 1. The van der Waals surface area contributed by atoms with Gasteiger partial charge in [-0.25, -0.2) is 0 Å². The van der Waals surface area contributed by atoms with E-state index in [1.807, 2.05) is 47.2 Å². The van der Waals surface area contributed by atoms with E-state index in [0.29, 0.717) is 30.1 Å². The van der Waals surface area contributed by atoms with Gasteiger partial charge in [-0.2, -0.15) is 0 Å². The predicted octanol–water partition coefficient (Wildman–Crippen LogP) is 2.91. The molecule has 0 bridgehead atoms. The first-order valence-electron chi connectivity index (χ1n) is 9.48. The number of piperidine rings is 1. The molecule has 3 heterocycles. The molecule has 1 aromatic carbocycles. The molecule has 2 aliphatic rings. The first-order chi connectivity index (χ1) is 12.9. The average Bonchev–Trinajstić information content (AvgIpc) is 3.14. The Hall–Kier alpha value is -2.63. The van der Waals surface area contributed by atoms with Crippen molar-refractivity contribution in [3.63, 3.8) is 0 Å². The van der Waals surface area contributed by atoms with E-state index in [1.165, 1.54) is 0 Å². The highest BCUT2D eigenvalue weighted by atomic mass is 16.5. The van der Waals surface area contributed by atoms with Gasteiger partial charge in [0, 0.05) is 25.7 Å². The van der Waals surface area contributed by atoms with Crippen molar-refractivity contribution < 1.29 is 14.1 Å². The highest BCUT2D eigenvalue weighted by Gasteiger charge is 2.51. The summed E-state index contributed by atoms with van der Waals surface area (Å²) in [5.74, 6) is 0.649. The number of hydrogen-bond donors (Lipinski definition) is 0. The number of hydrogen-bond acceptors (Lipinski definition) is 4. The quantitative estimate of drug-likeness (QED) is 0.819. The molecule has 0 aliphatic carbocycles. The van der Waals surface area contributed by atoms with E-state index in [0.717, 1.165) is 24.8 Å². The fourth-order valence-electron chi connectivity index (χ4n) is 4.63. The summed E-state index contributed by atoms with van der Waals surface area (Å²) in [7, 11) is 1.91. The minimum Gasteiger partial charge on any atom is -0.361 e. The van der Waals surface area contributed by atoms with Crippen LogP contribution in [0.4, 0.5) is 0 Å². The highest BCUT2D eigenvalue weighted by Crippen LogP contribution is 2.45. The first kappa shape index (κ1) is 17.8. The molecule has 2 saturated heterocycles. The van der Waals surface area contributed by atoms with E-state index >= 15 is 0 Å². The van der Waals surface area contributed by atoms with Gasteiger partial charge in [0.15, 0.2) is 0 Å². The molecule has 27 heavy (non-hydrogen) atoms. The molecule has 1 spiro atoms. The lowest BCUT2D eigenvalue weighted by Gasteiger charge is -2.43. The van der Waals surface area contributed by atoms with E-state index in [-0.39, 0.29) is 23.3 Å². The Labute approximate surface area is 159 Å². The van der Waals surface area contributed by atoms with Gasteiger partial charge in [-0.3, -0.25) is 9.59 Å². The fourth-order valence-corrected chi connectivity index (χ4v) is 4.63. The fraction of sp³-hybridized carbons (Fsp3) is 0.476. The lowest BCUT2D eigenvalue weighted by molar-refractivity contribution is -0.131. The number of nitrogens with zero attached hydrogens (tertiary/aromatic N) is 3. The molecule has 2 amide bonds. The molecule has 142 valence electrons. The third-order valence-corrected chi connectivity index (χ3v) is 6.35. The molecule has 6 heteroatoms. The van der Waals surface area contributed by atoms with Crippen molar-refractivity contribution in [2.75, 3.05) is 20.1 Å². The predicted molar refractivity (Wildman–Crippen MR) is 100 cm³/mol. The van der Waals surface area contributed by atoms with E-state index < -0.39 is 0 Å². The van der Waals surface area contributed by atoms with Crippen LogP contribution in [0.15, 0.2) is 34.9 Å². The molecule has 0 N–H and O–H groups in total. The summed E-state index contributed by atoms with van der Waals surface area (Å²) in [5.41, 5.74) is 2.13. The number of aryl methyl sites for hydroxylation is 2. The van der Waals surface area contributed by atoms with Crippen LogP contribution in [0.1, 0.15) is 52.6 Å². The van der Waals surface area contributed by atoms with Gasteiger partial charge < -0.3 is 14.3 Å². The van der Waals surface area contributed by atoms with Crippen LogP contribution in [0.2, 0.25) is 0 Å². The van der Waals surface area contributed by atoms with Crippen LogP contribution < -0.4 is 0 Å². The molecule has 0 saturated carbocycles. The summed E-state index contributed by atoms with van der Waals surface area (Å²) in [6.07, 6.45) is 2.42. The highest BCUT2D eigenvalue weighted by molar-refractivity contribution is 5.96. The Morgan fingerprint density at radius 1 is 1.19 bits per heavy atom. The average molecular weight is 367 g/mol. The molecule has 2 aromatic rings. The van der Waals surface area contributed by atoms with Crippen LogP contribution in [0, 0.1) is 13.8 Å². The maximum absolute atomic E-state index is 12.9. The number of amides is 2. The zero-order valence-electron chi connectivity index (χ0n) is 16.1. The van der Waals surface area contributed by atoms with Crippen LogP contribution in [0.5, 0.6) is 0 Å². The summed E-state index contributed by atoms with van der Waals surface area (Å²) in [6, 6.07) is 10.0. The second kappa shape index (κ2) is 6.51. The van der Waals surface area contributed by atoms with Gasteiger partial charge in [-0.15, -0.1) is 0 Å². The zero-order valence-corrected chi connectivity index (χ0v) is 16.1. The molecular formula is C21H25N3O3. The van der Waals surface area contributed by atoms with Gasteiger partial charge >= 0.3 is 0 Å². The largest absolute Gasteiger partial charge is 0.361 e. The molecular weight excluding hydrogens is 342 g/mol. The Morgan fingerprint density at radius 2 is 1.85 bits per heavy atom.